The first-order chi connectivity index (χ1) is 15.0. The van der Waals surface area contributed by atoms with E-state index in [0.29, 0.717) is 21.9 Å². The number of benzene rings is 2. The molecule has 0 fully saturated rings. The summed E-state index contributed by atoms with van der Waals surface area (Å²) in [6.45, 7) is 1.26. The van der Waals surface area contributed by atoms with Crippen LogP contribution in [0, 0.1) is 18.3 Å². The minimum Gasteiger partial charge on any atom is -0.496 e. The van der Waals surface area contributed by atoms with Gasteiger partial charge in [-0.1, -0.05) is 48.5 Å². The maximum atomic E-state index is 12.9. The lowest BCUT2D eigenvalue weighted by Crippen LogP contribution is -2.20. The second kappa shape index (κ2) is 10.3. The lowest BCUT2D eigenvalue weighted by Gasteiger charge is -2.11. The quantitative estimate of drug-likeness (QED) is 0.297. The van der Waals surface area contributed by atoms with Crippen molar-refractivity contribution in [3.8, 4) is 11.8 Å². The highest BCUT2D eigenvalue weighted by atomic mass is 32.1. The van der Waals surface area contributed by atoms with Gasteiger partial charge in [-0.25, -0.2) is 9.78 Å². The number of rotatable bonds is 8. The number of para-hydroxylation sites is 1. The highest BCUT2D eigenvalue weighted by Crippen LogP contribution is 2.26. The second-order valence-electron chi connectivity index (χ2n) is 6.60. The fourth-order valence-corrected chi connectivity index (χ4v) is 3.75. The minimum absolute atomic E-state index is 0.275. The molecule has 0 amide bonds. The van der Waals surface area contributed by atoms with Crippen molar-refractivity contribution in [1.29, 1.82) is 5.26 Å². The third-order valence-corrected chi connectivity index (χ3v) is 5.45. The molecule has 7 heteroatoms. The zero-order valence-corrected chi connectivity index (χ0v) is 17.9. The van der Waals surface area contributed by atoms with E-state index in [1.807, 2.05) is 30.3 Å². The monoisotopic (exact) mass is 432 g/mol. The zero-order chi connectivity index (χ0) is 22.2. The Morgan fingerprint density at radius 3 is 2.52 bits per heavy atom. The Bertz CT molecular complexity index is 1150. The van der Waals surface area contributed by atoms with Crippen LogP contribution in [-0.4, -0.2) is 30.5 Å². The van der Waals surface area contributed by atoms with Gasteiger partial charge in [-0.05, 0) is 24.6 Å². The molecule has 0 N–H and O–H groups in total. The van der Waals surface area contributed by atoms with Crippen LogP contribution in [-0.2, 0) is 14.3 Å². The Morgan fingerprint density at radius 2 is 1.87 bits per heavy atom. The van der Waals surface area contributed by atoms with Gasteiger partial charge in [0.05, 0.1) is 18.8 Å². The van der Waals surface area contributed by atoms with Crippen LogP contribution in [0.3, 0.4) is 0 Å². The molecule has 0 radical (unpaired) electrons. The number of hydrogen-bond acceptors (Lipinski definition) is 7. The Labute approximate surface area is 184 Å². The zero-order valence-electron chi connectivity index (χ0n) is 17.1. The maximum absolute atomic E-state index is 12.9. The number of methoxy groups -OCH3 is 1. The first-order valence-corrected chi connectivity index (χ1v) is 10.3. The second-order valence-corrected chi connectivity index (χ2v) is 7.49. The molecule has 0 bridgehead atoms. The Balaban J connectivity index is 1.83. The van der Waals surface area contributed by atoms with E-state index in [2.05, 4.69) is 4.98 Å². The largest absolute Gasteiger partial charge is 0.496 e. The summed E-state index contributed by atoms with van der Waals surface area (Å²) in [7, 11) is 1.55. The van der Waals surface area contributed by atoms with Crippen molar-refractivity contribution in [2.75, 3.05) is 13.7 Å². The van der Waals surface area contributed by atoms with E-state index in [1.165, 1.54) is 11.3 Å². The van der Waals surface area contributed by atoms with Gasteiger partial charge in [0.15, 0.2) is 18.3 Å². The molecule has 0 aliphatic heterocycles. The summed E-state index contributed by atoms with van der Waals surface area (Å²) in [4.78, 5) is 29.7. The molecular formula is C24H20N2O4S. The highest BCUT2D eigenvalue weighted by Gasteiger charge is 2.25. The average molecular weight is 433 g/mol. The summed E-state index contributed by atoms with van der Waals surface area (Å²) < 4.78 is 10.7. The van der Waals surface area contributed by atoms with E-state index >= 15 is 0 Å². The van der Waals surface area contributed by atoms with E-state index in [0.717, 1.165) is 5.69 Å². The van der Waals surface area contributed by atoms with Gasteiger partial charge < -0.3 is 9.47 Å². The average Bonchev–Trinajstić information content (AvgIpc) is 3.22. The summed E-state index contributed by atoms with van der Waals surface area (Å²) in [5.41, 5.74) is 2.34. The van der Waals surface area contributed by atoms with Crippen LogP contribution in [0.25, 0.3) is 11.6 Å². The molecule has 2 aromatic carbocycles. The number of aromatic nitrogens is 1. The van der Waals surface area contributed by atoms with E-state index in [1.54, 1.807) is 55.8 Å². The Morgan fingerprint density at radius 1 is 1.16 bits per heavy atom. The number of nitrogens with zero attached hydrogens (tertiary/aromatic N) is 2. The molecule has 31 heavy (non-hydrogen) atoms. The van der Waals surface area contributed by atoms with Crippen molar-refractivity contribution in [2.24, 2.45) is 0 Å². The molecule has 1 unspecified atom stereocenters. The molecule has 1 aromatic heterocycles. The predicted octanol–water partition coefficient (Wildman–Crippen LogP) is 4.42. The number of nitriles is 1. The fourth-order valence-electron chi connectivity index (χ4n) is 2.89. The summed E-state index contributed by atoms with van der Waals surface area (Å²) in [5.74, 6) is -1.65. The molecule has 3 rings (SSSR count). The van der Waals surface area contributed by atoms with E-state index < -0.39 is 24.3 Å². The summed E-state index contributed by atoms with van der Waals surface area (Å²) in [6, 6.07) is 18.2. The number of thiazole rings is 1. The van der Waals surface area contributed by atoms with Crippen LogP contribution in [0.5, 0.6) is 5.75 Å². The fraction of sp³-hybridized carbons (Fsp3) is 0.167. The molecule has 1 heterocycles. The molecule has 6 nitrogen and oxygen atoms in total. The SMILES string of the molecule is COc1ccccc1C=C(C(=O)OCC(=O)C(C#N)c1nc(C)cs1)c1ccccc1. The molecule has 3 aromatic rings. The summed E-state index contributed by atoms with van der Waals surface area (Å²) in [6.07, 6.45) is 1.66. The van der Waals surface area contributed by atoms with Gasteiger partial charge in [0.25, 0.3) is 0 Å². The first-order valence-electron chi connectivity index (χ1n) is 9.45. The molecule has 0 saturated heterocycles. The third kappa shape index (κ3) is 5.44. The standard InChI is InChI=1S/C24H20N2O4S/c1-16-15-31-23(26-16)20(13-25)21(27)14-30-24(28)19(17-8-4-3-5-9-17)12-18-10-6-7-11-22(18)29-2/h3-12,15,20H,14H2,1-2H3. The lowest BCUT2D eigenvalue weighted by molar-refractivity contribution is -0.142. The summed E-state index contributed by atoms with van der Waals surface area (Å²) in [5, 5.41) is 11.6. The van der Waals surface area contributed by atoms with Gasteiger partial charge in [0.1, 0.15) is 10.8 Å². The van der Waals surface area contributed by atoms with Gasteiger partial charge in [-0.3, -0.25) is 4.79 Å². The van der Waals surface area contributed by atoms with Crippen molar-refractivity contribution in [1.82, 2.24) is 4.98 Å². The normalized spacial score (nSPS) is 12.0. The maximum Gasteiger partial charge on any atom is 0.339 e. The molecule has 0 aliphatic rings. The summed E-state index contributed by atoms with van der Waals surface area (Å²) >= 11 is 1.23. The van der Waals surface area contributed by atoms with Crippen LogP contribution in [0.1, 0.15) is 27.7 Å². The molecule has 156 valence electrons. The van der Waals surface area contributed by atoms with Crippen molar-refractivity contribution in [2.45, 2.75) is 12.8 Å². The van der Waals surface area contributed by atoms with Crippen molar-refractivity contribution in [3.63, 3.8) is 0 Å². The van der Waals surface area contributed by atoms with Gasteiger partial charge in [0, 0.05) is 16.6 Å². The van der Waals surface area contributed by atoms with Gasteiger partial charge in [0.2, 0.25) is 0 Å². The lowest BCUT2D eigenvalue weighted by atomic mass is 10.0. The third-order valence-electron chi connectivity index (χ3n) is 4.42. The number of Topliss-reactive ketones (excluding diaryl/α,β-unsaturated/α-hetero) is 1. The van der Waals surface area contributed by atoms with Gasteiger partial charge in [-0.15, -0.1) is 11.3 Å². The number of aryl methyl sites for hydroxylation is 1. The number of carbonyl (C=O) groups is 2. The smallest absolute Gasteiger partial charge is 0.339 e. The van der Waals surface area contributed by atoms with Crippen LogP contribution >= 0.6 is 11.3 Å². The number of ketones is 1. The number of esters is 1. The van der Waals surface area contributed by atoms with Crippen LogP contribution in [0.2, 0.25) is 0 Å². The van der Waals surface area contributed by atoms with E-state index in [-0.39, 0.29) is 5.57 Å². The number of hydrogen-bond donors (Lipinski definition) is 0. The molecule has 0 spiro atoms. The van der Waals surface area contributed by atoms with Crippen LogP contribution in [0.15, 0.2) is 60.0 Å². The number of carbonyl (C=O) groups excluding carboxylic acids is 2. The molecule has 0 saturated carbocycles. The first kappa shape index (κ1) is 21.9. The van der Waals surface area contributed by atoms with Crippen molar-refractivity contribution in [3.05, 3.63) is 81.8 Å². The van der Waals surface area contributed by atoms with Crippen LogP contribution in [0.4, 0.5) is 0 Å². The van der Waals surface area contributed by atoms with Crippen molar-refractivity contribution >= 4 is 34.7 Å². The Hall–Kier alpha value is -3.76. The van der Waals surface area contributed by atoms with Gasteiger partial charge in [-0.2, -0.15) is 5.26 Å². The van der Waals surface area contributed by atoms with Crippen molar-refractivity contribution < 1.29 is 19.1 Å². The highest BCUT2D eigenvalue weighted by molar-refractivity contribution is 7.09. The van der Waals surface area contributed by atoms with Gasteiger partial charge >= 0.3 is 5.97 Å². The Kier molecular flexibility index (Phi) is 7.31. The molecule has 0 aliphatic carbocycles. The molecule has 1 atom stereocenters. The minimum atomic E-state index is -1.06. The topological polar surface area (TPSA) is 89.3 Å². The van der Waals surface area contributed by atoms with Crippen LogP contribution < -0.4 is 4.74 Å². The molecular weight excluding hydrogens is 412 g/mol. The van der Waals surface area contributed by atoms with E-state index in [4.69, 9.17) is 9.47 Å². The van der Waals surface area contributed by atoms with E-state index in [9.17, 15) is 14.9 Å². The number of ether oxygens (including phenoxy) is 2. The predicted molar refractivity (Wildman–Crippen MR) is 118 cm³/mol.